The number of hydrogen-bond acceptors (Lipinski definition) is 4. The molecule has 1 aromatic rings. The van der Waals surface area contributed by atoms with Crippen LogP contribution in [0.5, 0.6) is 5.75 Å². The van der Waals surface area contributed by atoms with Crippen molar-refractivity contribution in [1.82, 2.24) is 9.62 Å². The highest BCUT2D eigenvalue weighted by Gasteiger charge is 2.35. The normalized spacial score (nSPS) is 24.0. The van der Waals surface area contributed by atoms with E-state index in [2.05, 4.69) is 5.32 Å². The van der Waals surface area contributed by atoms with Gasteiger partial charge in [0.1, 0.15) is 5.75 Å². The Labute approximate surface area is 127 Å². The van der Waals surface area contributed by atoms with Gasteiger partial charge in [0.15, 0.2) is 0 Å². The van der Waals surface area contributed by atoms with Crippen LogP contribution in [0.1, 0.15) is 27.2 Å². The molecule has 1 aliphatic rings. The Kier molecular flexibility index (Phi) is 5.24. The Bertz CT molecular complexity index is 547. The predicted octanol–water partition coefficient (Wildman–Crippen LogP) is 1.85. The highest BCUT2D eigenvalue weighted by molar-refractivity contribution is 7.89. The molecule has 0 aromatic heterocycles. The summed E-state index contributed by atoms with van der Waals surface area (Å²) in [5, 5.41) is 3.24. The fourth-order valence-electron chi connectivity index (χ4n) is 2.64. The SMILES string of the molecule is CCCOc1ccc(S(=O)(=O)N2C(C)CNCC2C)cc1. The molecule has 2 unspecified atom stereocenters. The summed E-state index contributed by atoms with van der Waals surface area (Å²) in [6.07, 6.45) is 0.926. The van der Waals surface area contributed by atoms with E-state index in [1.165, 1.54) is 0 Å². The number of benzene rings is 1. The Morgan fingerprint density at radius 1 is 1.19 bits per heavy atom. The van der Waals surface area contributed by atoms with Gasteiger partial charge in [0.2, 0.25) is 10.0 Å². The molecule has 21 heavy (non-hydrogen) atoms. The van der Waals surface area contributed by atoms with Gasteiger partial charge in [0.05, 0.1) is 11.5 Å². The van der Waals surface area contributed by atoms with Crippen molar-refractivity contribution in [3.8, 4) is 5.75 Å². The van der Waals surface area contributed by atoms with E-state index in [-0.39, 0.29) is 12.1 Å². The molecule has 2 atom stereocenters. The third-order valence-electron chi connectivity index (χ3n) is 3.62. The molecule has 1 saturated heterocycles. The Morgan fingerprint density at radius 3 is 2.29 bits per heavy atom. The van der Waals surface area contributed by atoms with E-state index >= 15 is 0 Å². The van der Waals surface area contributed by atoms with Gasteiger partial charge in [-0.3, -0.25) is 0 Å². The molecule has 5 nitrogen and oxygen atoms in total. The number of sulfonamides is 1. The van der Waals surface area contributed by atoms with Crippen LogP contribution in [0.2, 0.25) is 0 Å². The van der Waals surface area contributed by atoms with Crippen molar-refractivity contribution in [2.75, 3.05) is 19.7 Å². The number of nitrogens with one attached hydrogen (secondary N) is 1. The lowest BCUT2D eigenvalue weighted by atomic mass is 10.2. The second-order valence-corrected chi connectivity index (χ2v) is 7.35. The largest absolute Gasteiger partial charge is 0.494 e. The van der Waals surface area contributed by atoms with Gasteiger partial charge in [-0.05, 0) is 44.5 Å². The van der Waals surface area contributed by atoms with E-state index in [4.69, 9.17) is 4.74 Å². The van der Waals surface area contributed by atoms with Crippen LogP contribution >= 0.6 is 0 Å². The average molecular weight is 312 g/mol. The van der Waals surface area contributed by atoms with Gasteiger partial charge >= 0.3 is 0 Å². The Balaban J connectivity index is 2.22. The van der Waals surface area contributed by atoms with Crippen molar-refractivity contribution in [3.05, 3.63) is 24.3 Å². The topological polar surface area (TPSA) is 58.6 Å². The molecule has 118 valence electrons. The maximum absolute atomic E-state index is 12.8. The standard InChI is InChI=1S/C15H24N2O3S/c1-4-9-20-14-5-7-15(8-6-14)21(18,19)17-12(2)10-16-11-13(17)3/h5-8,12-13,16H,4,9-11H2,1-3H3. The summed E-state index contributed by atoms with van der Waals surface area (Å²) in [7, 11) is -3.46. The second kappa shape index (κ2) is 6.77. The fraction of sp³-hybridized carbons (Fsp3) is 0.600. The first-order chi connectivity index (χ1) is 9.96. The monoisotopic (exact) mass is 312 g/mol. The highest BCUT2D eigenvalue weighted by Crippen LogP contribution is 2.24. The fourth-order valence-corrected chi connectivity index (χ4v) is 4.46. The average Bonchev–Trinajstić information content (AvgIpc) is 2.45. The molecule has 1 aromatic carbocycles. The molecule has 0 radical (unpaired) electrons. The van der Waals surface area contributed by atoms with E-state index in [0.717, 1.165) is 6.42 Å². The molecule has 2 rings (SSSR count). The minimum atomic E-state index is -3.46. The van der Waals surface area contributed by atoms with E-state index in [1.807, 2.05) is 20.8 Å². The zero-order valence-corrected chi connectivity index (χ0v) is 13.7. The zero-order chi connectivity index (χ0) is 15.5. The Hall–Kier alpha value is -1.11. The third-order valence-corrected chi connectivity index (χ3v) is 5.76. The zero-order valence-electron chi connectivity index (χ0n) is 12.9. The summed E-state index contributed by atoms with van der Waals surface area (Å²) in [6, 6.07) is 6.61. The quantitative estimate of drug-likeness (QED) is 0.901. The summed E-state index contributed by atoms with van der Waals surface area (Å²) in [5.41, 5.74) is 0. The minimum Gasteiger partial charge on any atom is -0.494 e. The van der Waals surface area contributed by atoms with Gasteiger partial charge in [0, 0.05) is 25.2 Å². The summed E-state index contributed by atoms with van der Waals surface area (Å²) >= 11 is 0. The molecule has 6 heteroatoms. The summed E-state index contributed by atoms with van der Waals surface area (Å²) in [6.45, 7) is 7.89. The third kappa shape index (κ3) is 3.56. The van der Waals surface area contributed by atoms with Crippen LogP contribution in [-0.2, 0) is 10.0 Å². The number of piperazine rings is 1. The number of nitrogens with zero attached hydrogens (tertiary/aromatic N) is 1. The van der Waals surface area contributed by atoms with Gasteiger partial charge in [-0.2, -0.15) is 4.31 Å². The van der Waals surface area contributed by atoms with Crippen LogP contribution in [0, 0.1) is 0 Å². The highest BCUT2D eigenvalue weighted by atomic mass is 32.2. The predicted molar refractivity (Wildman–Crippen MR) is 83.0 cm³/mol. The maximum Gasteiger partial charge on any atom is 0.243 e. The van der Waals surface area contributed by atoms with Gasteiger partial charge in [-0.1, -0.05) is 6.92 Å². The summed E-state index contributed by atoms with van der Waals surface area (Å²) in [5.74, 6) is 0.706. The van der Waals surface area contributed by atoms with Gasteiger partial charge in [-0.15, -0.1) is 0 Å². The molecule has 1 fully saturated rings. The number of rotatable bonds is 5. The molecule has 0 aliphatic carbocycles. The van der Waals surface area contributed by atoms with Gasteiger partial charge in [-0.25, -0.2) is 8.42 Å². The molecule has 1 aliphatic heterocycles. The first-order valence-electron chi connectivity index (χ1n) is 7.44. The van der Waals surface area contributed by atoms with E-state index in [1.54, 1.807) is 28.6 Å². The number of hydrogen-bond donors (Lipinski definition) is 1. The first-order valence-corrected chi connectivity index (χ1v) is 8.88. The van der Waals surface area contributed by atoms with Crippen LogP contribution in [0.3, 0.4) is 0 Å². The van der Waals surface area contributed by atoms with E-state index < -0.39 is 10.0 Å². The molecule has 0 saturated carbocycles. The van der Waals surface area contributed by atoms with Crippen molar-refractivity contribution in [2.45, 2.75) is 44.2 Å². The minimum absolute atomic E-state index is 0.0465. The van der Waals surface area contributed by atoms with E-state index in [9.17, 15) is 8.42 Å². The number of ether oxygens (including phenoxy) is 1. The smallest absolute Gasteiger partial charge is 0.243 e. The summed E-state index contributed by atoms with van der Waals surface area (Å²) < 4.78 is 32.7. The summed E-state index contributed by atoms with van der Waals surface area (Å²) in [4.78, 5) is 0.326. The van der Waals surface area contributed by atoms with Crippen molar-refractivity contribution >= 4 is 10.0 Å². The van der Waals surface area contributed by atoms with Crippen LogP contribution in [0.15, 0.2) is 29.2 Å². The molecular weight excluding hydrogens is 288 g/mol. The molecule has 0 spiro atoms. The van der Waals surface area contributed by atoms with Crippen LogP contribution < -0.4 is 10.1 Å². The Morgan fingerprint density at radius 2 is 1.76 bits per heavy atom. The first kappa shape index (κ1) is 16.3. The van der Waals surface area contributed by atoms with Crippen molar-refractivity contribution in [1.29, 1.82) is 0 Å². The van der Waals surface area contributed by atoms with Crippen LogP contribution in [0.4, 0.5) is 0 Å². The van der Waals surface area contributed by atoms with Gasteiger partial charge in [0.25, 0.3) is 0 Å². The van der Waals surface area contributed by atoms with Crippen molar-refractivity contribution in [3.63, 3.8) is 0 Å². The van der Waals surface area contributed by atoms with E-state index in [0.29, 0.717) is 30.3 Å². The van der Waals surface area contributed by atoms with Crippen molar-refractivity contribution in [2.24, 2.45) is 0 Å². The molecule has 0 bridgehead atoms. The lowest BCUT2D eigenvalue weighted by Gasteiger charge is -2.38. The molecule has 1 heterocycles. The van der Waals surface area contributed by atoms with Gasteiger partial charge < -0.3 is 10.1 Å². The lowest BCUT2D eigenvalue weighted by molar-refractivity contribution is 0.220. The molecule has 0 amide bonds. The lowest BCUT2D eigenvalue weighted by Crippen LogP contribution is -2.57. The maximum atomic E-state index is 12.8. The molecule has 1 N–H and O–H groups in total. The second-order valence-electron chi connectivity index (χ2n) is 5.51. The van der Waals surface area contributed by atoms with Crippen LogP contribution in [-0.4, -0.2) is 44.5 Å². The van der Waals surface area contributed by atoms with Crippen LogP contribution in [0.25, 0.3) is 0 Å². The molecular formula is C15H24N2O3S. The van der Waals surface area contributed by atoms with Crippen molar-refractivity contribution < 1.29 is 13.2 Å².